The van der Waals surface area contributed by atoms with Gasteiger partial charge >= 0.3 is 17.3 Å². The molecule has 0 aliphatic heterocycles. The van der Waals surface area contributed by atoms with Crippen molar-refractivity contribution in [3.05, 3.63) is 68.3 Å². The van der Waals surface area contributed by atoms with Gasteiger partial charge in [0.25, 0.3) is 5.75 Å². The number of carbonyl (C=O) groups excluding carboxylic acids is 1. The average molecular weight is 318 g/mol. The van der Waals surface area contributed by atoms with Gasteiger partial charge in [0, 0.05) is 12.1 Å². The summed E-state index contributed by atoms with van der Waals surface area (Å²) in [5, 5.41) is 22.4. The van der Waals surface area contributed by atoms with Crippen molar-refractivity contribution in [3.8, 4) is 11.5 Å². The van der Waals surface area contributed by atoms with Crippen LogP contribution < -0.4 is 4.74 Å². The first kappa shape index (κ1) is 15.9. The molecule has 2 aromatic rings. The minimum Gasteiger partial charge on any atom is -0.465 e. The molecule has 0 bridgehead atoms. The van der Waals surface area contributed by atoms with Crippen molar-refractivity contribution in [2.75, 3.05) is 7.11 Å². The highest BCUT2D eigenvalue weighted by Crippen LogP contribution is 2.40. The minimum absolute atomic E-state index is 0.185. The van der Waals surface area contributed by atoms with Crippen molar-refractivity contribution < 1.29 is 24.1 Å². The predicted molar refractivity (Wildman–Crippen MR) is 77.6 cm³/mol. The molecule has 0 unspecified atom stereocenters. The van der Waals surface area contributed by atoms with Gasteiger partial charge < -0.3 is 9.47 Å². The van der Waals surface area contributed by atoms with Gasteiger partial charge in [-0.15, -0.1) is 0 Å². The Morgan fingerprint density at radius 2 is 1.52 bits per heavy atom. The maximum Gasteiger partial charge on any atom is 0.338 e. The lowest BCUT2D eigenvalue weighted by molar-refractivity contribution is -0.395. The lowest BCUT2D eigenvalue weighted by Gasteiger charge is -2.08. The van der Waals surface area contributed by atoms with Crippen LogP contribution in [0.4, 0.5) is 11.4 Å². The fourth-order valence-electron chi connectivity index (χ4n) is 1.82. The third kappa shape index (κ3) is 3.40. The molecule has 0 spiro atoms. The molecule has 0 atom stereocenters. The third-order valence-electron chi connectivity index (χ3n) is 2.83. The lowest BCUT2D eigenvalue weighted by atomic mass is 10.1. The number of methoxy groups -OCH3 is 1. The number of nitro benzene ring substituents is 2. The topological polar surface area (TPSA) is 122 Å². The van der Waals surface area contributed by atoms with E-state index in [9.17, 15) is 25.0 Å². The second-order valence-corrected chi connectivity index (χ2v) is 4.26. The van der Waals surface area contributed by atoms with E-state index < -0.39 is 32.9 Å². The maximum atomic E-state index is 11.5. The number of rotatable bonds is 5. The van der Waals surface area contributed by atoms with Crippen LogP contribution in [0.2, 0.25) is 0 Å². The molecule has 0 aromatic heterocycles. The molecule has 0 N–H and O–H groups in total. The van der Waals surface area contributed by atoms with Gasteiger partial charge in [0.05, 0.1) is 22.5 Å². The minimum atomic E-state index is -0.928. The molecular formula is C14H10N2O7. The quantitative estimate of drug-likeness (QED) is 0.471. The Hall–Kier alpha value is -3.49. The number of benzene rings is 2. The standard InChI is InChI=1S/C14H10N2O7/c1-22-14(17)9-7-11(15(18)19)13(12(8-9)16(20)21)23-10-5-3-2-4-6-10/h2-8H,1H3. The van der Waals surface area contributed by atoms with E-state index >= 15 is 0 Å². The number of ether oxygens (including phenoxy) is 2. The number of hydrogen-bond donors (Lipinski definition) is 0. The summed E-state index contributed by atoms with van der Waals surface area (Å²) < 4.78 is 9.74. The summed E-state index contributed by atoms with van der Waals surface area (Å²) in [4.78, 5) is 32.2. The summed E-state index contributed by atoms with van der Waals surface area (Å²) >= 11 is 0. The fraction of sp³-hybridized carbons (Fsp3) is 0.0714. The molecule has 9 heteroatoms. The van der Waals surface area contributed by atoms with Gasteiger partial charge in [-0.1, -0.05) is 18.2 Å². The molecule has 0 saturated carbocycles. The van der Waals surface area contributed by atoms with Gasteiger partial charge in [0.1, 0.15) is 5.75 Å². The zero-order chi connectivity index (χ0) is 17.0. The van der Waals surface area contributed by atoms with Gasteiger partial charge in [-0.05, 0) is 12.1 Å². The van der Waals surface area contributed by atoms with E-state index in [0.717, 1.165) is 19.2 Å². The highest BCUT2D eigenvalue weighted by Gasteiger charge is 2.31. The van der Waals surface area contributed by atoms with E-state index in [1.165, 1.54) is 12.1 Å². The normalized spacial score (nSPS) is 9.96. The molecule has 0 heterocycles. The number of nitro groups is 2. The number of carbonyl (C=O) groups is 1. The second kappa shape index (κ2) is 6.52. The van der Waals surface area contributed by atoms with Crippen molar-refractivity contribution in [2.24, 2.45) is 0 Å². The van der Waals surface area contributed by atoms with Gasteiger partial charge in [0.2, 0.25) is 0 Å². The Morgan fingerprint density at radius 1 is 1.00 bits per heavy atom. The molecule has 0 amide bonds. The summed E-state index contributed by atoms with van der Waals surface area (Å²) in [6.07, 6.45) is 0. The van der Waals surface area contributed by atoms with E-state index in [1.54, 1.807) is 18.2 Å². The summed E-state index contributed by atoms with van der Waals surface area (Å²) in [7, 11) is 1.06. The first-order valence-corrected chi connectivity index (χ1v) is 6.22. The molecular weight excluding hydrogens is 308 g/mol. The highest BCUT2D eigenvalue weighted by atomic mass is 16.6. The van der Waals surface area contributed by atoms with Crippen LogP contribution in [0.1, 0.15) is 10.4 Å². The van der Waals surface area contributed by atoms with Crippen LogP contribution in [-0.4, -0.2) is 22.9 Å². The van der Waals surface area contributed by atoms with E-state index in [4.69, 9.17) is 4.74 Å². The maximum absolute atomic E-state index is 11.5. The molecule has 0 aliphatic rings. The Labute approximate surface area is 129 Å². The van der Waals surface area contributed by atoms with Crippen LogP contribution >= 0.6 is 0 Å². The van der Waals surface area contributed by atoms with Crippen molar-refractivity contribution in [1.82, 2.24) is 0 Å². The molecule has 0 aliphatic carbocycles. The number of para-hydroxylation sites is 1. The van der Waals surface area contributed by atoms with Gasteiger partial charge in [0.15, 0.2) is 0 Å². The van der Waals surface area contributed by atoms with Crippen LogP contribution in [0.15, 0.2) is 42.5 Å². The highest BCUT2D eigenvalue weighted by molar-refractivity contribution is 5.92. The number of hydrogen-bond acceptors (Lipinski definition) is 7. The summed E-state index contributed by atoms with van der Waals surface area (Å²) in [5.41, 5.74) is -1.72. The predicted octanol–water partition coefficient (Wildman–Crippen LogP) is 3.08. The molecule has 2 rings (SSSR count). The van der Waals surface area contributed by atoms with Crippen LogP contribution in [0.3, 0.4) is 0 Å². The van der Waals surface area contributed by atoms with Crippen LogP contribution in [0, 0.1) is 20.2 Å². The third-order valence-corrected chi connectivity index (χ3v) is 2.83. The van der Waals surface area contributed by atoms with Gasteiger partial charge in [-0.3, -0.25) is 20.2 Å². The first-order chi connectivity index (χ1) is 10.9. The summed E-state index contributed by atoms with van der Waals surface area (Å²) in [6.45, 7) is 0. The molecule has 118 valence electrons. The van der Waals surface area contributed by atoms with E-state index in [-0.39, 0.29) is 11.3 Å². The average Bonchev–Trinajstić information content (AvgIpc) is 2.54. The SMILES string of the molecule is COC(=O)c1cc([N+](=O)[O-])c(Oc2ccccc2)c([N+](=O)[O-])c1. The number of nitrogens with zero attached hydrogens (tertiary/aromatic N) is 2. The molecule has 0 saturated heterocycles. The van der Waals surface area contributed by atoms with E-state index in [0.29, 0.717) is 0 Å². The smallest absolute Gasteiger partial charge is 0.338 e. The molecule has 0 radical (unpaired) electrons. The van der Waals surface area contributed by atoms with Crippen LogP contribution in [-0.2, 0) is 4.74 Å². The molecule has 9 nitrogen and oxygen atoms in total. The Morgan fingerprint density at radius 3 is 1.96 bits per heavy atom. The first-order valence-electron chi connectivity index (χ1n) is 6.22. The van der Waals surface area contributed by atoms with E-state index in [1.807, 2.05) is 0 Å². The molecule has 0 fully saturated rings. The van der Waals surface area contributed by atoms with Crippen LogP contribution in [0.5, 0.6) is 11.5 Å². The van der Waals surface area contributed by atoms with Crippen molar-refractivity contribution in [2.45, 2.75) is 0 Å². The lowest BCUT2D eigenvalue weighted by Crippen LogP contribution is -2.06. The summed E-state index contributed by atoms with van der Waals surface area (Å²) in [5.74, 6) is -1.30. The molecule has 2 aromatic carbocycles. The second-order valence-electron chi connectivity index (χ2n) is 4.26. The monoisotopic (exact) mass is 318 g/mol. The number of esters is 1. The zero-order valence-electron chi connectivity index (χ0n) is 11.8. The van der Waals surface area contributed by atoms with E-state index in [2.05, 4.69) is 4.74 Å². The molecule has 23 heavy (non-hydrogen) atoms. The Balaban J connectivity index is 2.64. The zero-order valence-corrected chi connectivity index (χ0v) is 11.8. The van der Waals surface area contributed by atoms with Crippen molar-refractivity contribution in [1.29, 1.82) is 0 Å². The fourth-order valence-corrected chi connectivity index (χ4v) is 1.82. The Kier molecular flexibility index (Phi) is 4.50. The van der Waals surface area contributed by atoms with Crippen LogP contribution in [0.25, 0.3) is 0 Å². The van der Waals surface area contributed by atoms with Gasteiger partial charge in [-0.2, -0.15) is 0 Å². The largest absolute Gasteiger partial charge is 0.465 e. The van der Waals surface area contributed by atoms with Gasteiger partial charge in [-0.25, -0.2) is 4.79 Å². The summed E-state index contributed by atoms with van der Waals surface area (Å²) in [6, 6.07) is 9.62. The van der Waals surface area contributed by atoms with Crippen molar-refractivity contribution in [3.63, 3.8) is 0 Å². The van der Waals surface area contributed by atoms with Crippen molar-refractivity contribution >= 4 is 17.3 Å². The Bertz CT molecular complexity index is 739.